The van der Waals surface area contributed by atoms with E-state index in [9.17, 15) is 22.8 Å². The molecule has 11 heteroatoms. The number of thiol groups is 1. The van der Waals surface area contributed by atoms with Crippen LogP contribution in [0, 0.1) is 5.92 Å². The molecule has 0 spiro atoms. The molecule has 7 nitrogen and oxygen atoms in total. The van der Waals surface area contributed by atoms with E-state index in [0.717, 1.165) is 12.5 Å². The van der Waals surface area contributed by atoms with Gasteiger partial charge in [-0.2, -0.15) is 13.2 Å². The third-order valence-electron chi connectivity index (χ3n) is 5.85. The monoisotopic (exact) mass is 468 g/mol. The SMILES string of the molecule is C[C@H]1[C@@H](c2ccc(CNS)cc2)[C@H](C(=O)Nc2ccnc(C(N)=O)c2)O[C@@]1(C)C(F)(F)F. The van der Waals surface area contributed by atoms with Crippen LogP contribution >= 0.6 is 12.8 Å². The predicted octanol–water partition coefficient (Wildman–Crippen LogP) is 3.19. The van der Waals surface area contributed by atoms with Crippen molar-refractivity contribution < 1.29 is 27.5 Å². The summed E-state index contributed by atoms with van der Waals surface area (Å²) in [6.07, 6.45) is -4.85. The molecule has 1 aliphatic heterocycles. The summed E-state index contributed by atoms with van der Waals surface area (Å²) in [5.41, 5.74) is 4.17. The number of rotatable bonds is 6. The third-order valence-corrected chi connectivity index (χ3v) is 6.01. The summed E-state index contributed by atoms with van der Waals surface area (Å²) in [7, 11) is 0. The topological polar surface area (TPSA) is 106 Å². The van der Waals surface area contributed by atoms with Gasteiger partial charge in [0.15, 0.2) is 5.60 Å². The van der Waals surface area contributed by atoms with E-state index in [2.05, 4.69) is 27.8 Å². The number of carbonyl (C=O) groups is 2. The molecule has 0 aliphatic carbocycles. The largest absolute Gasteiger partial charge is 0.417 e. The molecule has 0 unspecified atom stereocenters. The Morgan fingerprint density at radius 2 is 1.91 bits per heavy atom. The quantitative estimate of drug-likeness (QED) is 0.488. The maximum absolute atomic E-state index is 13.9. The Hall–Kier alpha value is -2.63. The highest BCUT2D eigenvalue weighted by molar-refractivity contribution is 7.78. The molecular formula is C21H23F3N4O3S. The van der Waals surface area contributed by atoms with Crippen LogP contribution in [0.5, 0.6) is 0 Å². The van der Waals surface area contributed by atoms with Crippen molar-refractivity contribution in [2.45, 2.75) is 44.2 Å². The number of amides is 2. The van der Waals surface area contributed by atoms with Gasteiger partial charge in [0, 0.05) is 30.3 Å². The minimum Gasteiger partial charge on any atom is -0.364 e. The lowest BCUT2D eigenvalue weighted by Gasteiger charge is -2.31. The molecule has 4 N–H and O–H groups in total. The van der Waals surface area contributed by atoms with Gasteiger partial charge in [-0.05, 0) is 30.2 Å². The minimum atomic E-state index is -4.69. The van der Waals surface area contributed by atoms with Crippen molar-refractivity contribution in [3.63, 3.8) is 0 Å². The standard InChI is InChI=1S/C21H23F3N4O3S/c1-11-16(13-5-3-12(4-6-13)10-27-32)17(31-20(11,2)21(22,23)24)19(30)28-14-7-8-26-15(9-14)18(25)29/h3-9,11,16-17,27,32H,10H2,1-2H3,(H2,25,29)(H,26,28,30)/t11-,16-,17+,20+/m0/s1. The van der Waals surface area contributed by atoms with E-state index in [1.807, 2.05) is 0 Å². The predicted molar refractivity (Wildman–Crippen MR) is 115 cm³/mol. The zero-order chi connectivity index (χ0) is 23.7. The average Bonchev–Trinajstić information content (AvgIpc) is 3.01. The molecule has 1 aliphatic rings. The second-order valence-electron chi connectivity index (χ2n) is 7.82. The van der Waals surface area contributed by atoms with Crippen LogP contribution < -0.4 is 15.8 Å². The van der Waals surface area contributed by atoms with Crippen molar-refractivity contribution in [2.75, 3.05) is 5.32 Å². The number of anilines is 1. The lowest BCUT2D eigenvalue weighted by atomic mass is 9.77. The second-order valence-corrected chi connectivity index (χ2v) is 8.13. The van der Waals surface area contributed by atoms with Crippen LogP contribution in [-0.2, 0) is 16.1 Å². The molecule has 2 aromatic rings. The second kappa shape index (κ2) is 9.08. The van der Waals surface area contributed by atoms with Crippen LogP contribution in [0.15, 0.2) is 42.6 Å². The number of carbonyl (C=O) groups excluding carboxylic acids is 2. The number of benzene rings is 1. The number of nitrogens with zero attached hydrogens (tertiary/aromatic N) is 1. The van der Waals surface area contributed by atoms with Crippen molar-refractivity contribution in [3.05, 3.63) is 59.4 Å². The summed E-state index contributed by atoms with van der Waals surface area (Å²) in [6, 6.07) is 9.53. The Morgan fingerprint density at radius 3 is 2.47 bits per heavy atom. The molecule has 0 saturated carbocycles. The van der Waals surface area contributed by atoms with Gasteiger partial charge in [0.05, 0.1) is 0 Å². The number of hydrogen-bond acceptors (Lipinski definition) is 6. The van der Waals surface area contributed by atoms with Gasteiger partial charge in [-0.25, -0.2) is 0 Å². The van der Waals surface area contributed by atoms with E-state index in [1.165, 1.54) is 25.3 Å². The van der Waals surface area contributed by atoms with Gasteiger partial charge in [-0.15, -0.1) is 0 Å². The van der Waals surface area contributed by atoms with E-state index in [4.69, 9.17) is 10.5 Å². The first-order valence-electron chi connectivity index (χ1n) is 9.75. The van der Waals surface area contributed by atoms with Crippen molar-refractivity contribution >= 4 is 30.3 Å². The zero-order valence-corrected chi connectivity index (χ0v) is 18.2. The molecule has 172 valence electrons. The fourth-order valence-corrected chi connectivity index (χ4v) is 4.04. The number of pyridine rings is 1. The molecule has 1 aromatic carbocycles. The van der Waals surface area contributed by atoms with E-state index in [0.29, 0.717) is 12.1 Å². The molecule has 1 saturated heterocycles. The number of nitrogens with two attached hydrogens (primary N) is 1. The highest BCUT2D eigenvalue weighted by Crippen LogP contribution is 2.53. The molecule has 32 heavy (non-hydrogen) atoms. The summed E-state index contributed by atoms with van der Waals surface area (Å²) in [4.78, 5) is 28.2. The summed E-state index contributed by atoms with van der Waals surface area (Å²) in [5.74, 6) is -3.48. The van der Waals surface area contributed by atoms with Crippen LogP contribution in [-0.4, -0.2) is 34.7 Å². The lowest BCUT2D eigenvalue weighted by molar-refractivity contribution is -0.272. The molecule has 1 aromatic heterocycles. The van der Waals surface area contributed by atoms with E-state index in [-0.39, 0.29) is 11.4 Å². The van der Waals surface area contributed by atoms with Crippen LogP contribution in [0.4, 0.5) is 18.9 Å². The van der Waals surface area contributed by atoms with Gasteiger partial charge in [-0.1, -0.05) is 44.0 Å². The van der Waals surface area contributed by atoms with E-state index < -0.39 is 41.5 Å². The normalized spacial score (nSPS) is 25.5. The first kappa shape index (κ1) is 24.0. The lowest BCUT2D eigenvalue weighted by Crippen LogP contribution is -2.47. The summed E-state index contributed by atoms with van der Waals surface area (Å²) < 4.78 is 49.9. The summed E-state index contributed by atoms with van der Waals surface area (Å²) >= 11 is 3.94. The highest BCUT2D eigenvalue weighted by atomic mass is 32.1. The Balaban J connectivity index is 1.95. The van der Waals surface area contributed by atoms with Gasteiger partial charge in [-0.3, -0.25) is 19.3 Å². The number of aromatic nitrogens is 1. The van der Waals surface area contributed by atoms with Crippen molar-refractivity contribution in [2.24, 2.45) is 11.7 Å². The molecule has 3 rings (SSSR count). The Bertz CT molecular complexity index is 1000. The van der Waals surface area contributed by atoms with Crippen LogP contribution in [0.1, 0.15) is 41.4 Å². The molecule has 4 atom stereocenters. The number of nitrogens with one attached hydrogen (secondary N) is 2. The zero-order valence-electron chi connectivity index (χ0n) is 17.3. The smallest absolute Gasteiger partial charge is 0.364 e. The molecule has 2 heterocycles. The molecule has 0 bridgehead atoms. The van der Waals surface area contributed by atoms with E-state index >= 15 is 0 Å². The molecule has 1 fully saturated rings. The van der Waals surface area contributed by atoms with Crippen molar-refractivity contribution in [1.82, 2.24) is 9.71 Å². The van der Waals surface area contributed by atoms with Crippen LogP contribution in [0.3, 0.4) is 0 Å². The maximum atomic E-state index is 13.9. The van der Waals surface area contributed by atoms with Gasteiger partial charge >= 0.3 is 6.18 Å². The fraction of sp³-hybridized carbons (Fsp3) is 0.381. The number of hydrogen-bond donors (Lipinski definition) is 4. The first-order chi connectivity index (χ1) is 15.0. The van der Waals surface area contributed by atoms with Crippen molar-refractivity contribution in [3.8, 4) is 0 Å². The molecule has 0 radical (unpaired) electrons. The average molecular weight is 469 g/mol. The number of primary amides is 1. The fourth-order valence-electron chi connectivity index (χ4n) is 3.86. The van der Waals surface area contributed by atoms with Crippen LogP contribution in [0.2, 0.25) is 0 Å². The maximum Gasteiger partial charge on any atom is 0.417 e. The highest BCUT2D eigenvalue weighted by Gasteiger charge is 2.65. The Labute approximate surface area is 188 Å². The van der Waals surface area contributed by atoms with Crippen LogP contribution in [0.25, 0.3) is 0 Å². The first-order valence-corrected chi connectivity index (χ1v) is 10.2. The Morgan fingerprint density at radius 1 is 1.25 bits per heavy atom. The summed E-state index contributed by atoms with van der Waals surface area (Å²) in [5, 5.41) is 2.52. The van der Waals surface area contributed by atoms with Gasteiger partial charge < -0.3 is 15.8 Å². The summed E-state index contributed by atoms with van der Waals surface area (Å²) in [6.45, 7) is 2.84. The van der Waals surface area contributed by atoms with E-state index in [1.54, 1.807) is 24.3 Å². The third kappa shape index (κ3) is 4.59. The Kier molecular flexibility index (Phi) is 6.82. The van der Waals surface area contributed by atoms with Gasteiger partial charge in [0.2, 0.25) is 0 Å². The number of alkyl halides is 3. The molecular weight excluding hydrogens is 445 g/mol. The molecule has 2 amide bonds. The van der Waals surface area contributed by atoms with Gasteiger partial charge in [0.1, 0.15) is 11.8 Å². The number of ether oxygens (including phenoxy) is 1. The minimum absolute atomic E-state index is 0.0893. The van der Waals surface area contributed by atoms with Gasteiger partial charge in [0.25, 0.3) is 11.8 Å². The van der Waals surface area contributed by atoms with Crippen molar-refractivity contribution in [1.29, 1.82) is 0 Å². The number of halogens is 3.